The summed E-state index contributed by atoms with van der Waals surface area (Å²) in [5, 5.41) is 12.3. The summed E-state index contributed by atoms with van der Waals surface area (Å²) in [5.41, 5.74) is 0.176. The minimum absolute atomic E-state index is 0.0390. The first-order chi connectivity index (χ1) is 17.9. The number of pyridine rings is 1. The minimum atomic E-state index is -0.685. The van der Waals surface area contributed by atoms with E-state index in [0.29, 0.717) is 22.2 Å². The lowest BCUT2D eigenvalue weighted by Gasteiger charge is -2.11. The van der Waals surface area contributed by atoms with Crippen molar-refractivity contribution in [1.29, 1.82) is 0 Å². The molecule has 0 spiro atoms. The van der Waals surface area contributed by atoms with Crippen LogP contribution in [0.4, 0.5) is 5.69 Å². The Morgan fingerprint density at radius 3 is 2.49 bits per heavy atom. The third-order valence-electron chi connectivity index (χ3n) is 5.26. The molecule has 2 aromatic heterocycles. The fraction of sp³-hybridized carbons (Fsp3) is 0.160. The van der Waals surface area contributed by atoms with Gasteiger partial charge in [0.05, 0.1) is 25.4 Å². The molecule has 4 aromatic rings. The molecule has 37 heavy (non-hydrogen) atoms. The van der Waals surface area contributed by atoms with Crippen LogP contribution in [-0.4, -0.2) is 43.8 Å². The highest BCUT2D eigenvalue weighted by Crippen LogP contribution is 2.24. The molecule has 0 unspecified atom stereocenters. The monoisotopic (exact) mass is 522 g/mol. The van der Waals surface area contributed by atoms with Crippen LogP contribution in [0.25, 0.3) is 0 Å². The van der Waals surface area contributed by atoms with Crippen LogP contribution >= 0.6 is 11.6 Å². The van der Waals surface area contributed by atoms with E-state index in [1.807, 2.05) is 0 Å². The lowest BCUT2D eigenvalue weighted by molar-refractivity contribution is 0.0958. The van der Waals surface area contributed by atoms with Crippen molar-refractivity contribution in [3.05, 3.63) is 110 Å². The Kier molecular flexibility index (Phi) is 7.96. The fourth-order valence-corrected chi connectivity index (χ4v) is 3.55. The Bertz CT molecular complexity index is 1590. The van der Waals surface area contributed by atoms with E-state index in [1.54, 1.807) is 54.6 Å². The average molecular weight is 523 g/mol. The first-order valence-electron chi connectivity index (χ1n) is 11.2. The number of ether oxygens (including phenoxy) is 1. The number of hydrogen-bond donors (Lipinski definition) is 3. The van der Waals surface area contributed by atoms with E-state index >= 15 is 0 Å². The molecule has 2 aromatic carbocycles. The number of H-pyrrole nitrogens is 1. The number of rotatable bonds is 8. The second-order valence-electron chi connectivity index (χ2n) is 7.79. The van der Waals surface area contributed by atoms with Gasteiger partial charge in [-0.15, -0.1) is 0 Å². The standard InChI is InChI=1S/C25H23ClN6O5/c1-27-22(34)21-14-20(10-11-28-21)37-19-8-6-18(7-9-19)29-23-30-24(35)31(12-13-33)25(36)32(23)15-16-2-4-17(26)5-3-16/h2-11,14,33H,12-13,15H2,1H3,(H,27,34)(H,29,30,35). The molecule has 12 heteroatoms. The van der Waals surface area contributed by atoms with Crippen LogP contribution in [0.2, 0.25) is 5.02 Å². The van der Waals surface area contributed by atoms with Gasteiger partial charge in [-0.05, 0) is 48.0 Å². The Morgan fingerprint density at radius 2 is 1.81 bits per heavy atom. The van der Waals surface area contributed by atoms with E-state index in [2.05, 4.69) is 20.3 Å². The minimum Gasteiger partial charge on any atom is -0.457 e. The number of amides is 1. The number of aliphatic hydroxyl groups is 1. The first-order valence-corrected chi connectivity index (χ1v) is 11.6. The summed E-state index contributed by atoms with van der Waals surface area (Å²) in [4.78, 5) is 48.4. The van der Waals surface area contributed by atoms with Crippen LogP contribution in [0.15, 0.2) is 81.4 Å². The molecule has 0 fully saturated rings. The van der Waals surface area contributed by atoms with Crippen molar-refractivity contribution in [2.75, 3.05) is 13.7 Å². The van der Waals surface area contributed by atoms with Crippen molar-refractivity contribution in [2.24, 2.45) is 4.99 Å². The van der Waals surface area contributed by atoms with Gasteiger partial charge in [0, 0.05) is 24.3 Å². The highest BCUT2D eigenvalue weighted by Gasteiger charge is 2.10. The molecule has 0 aliphatic heterocycles. The lowest BCUT2D eigenvalue weighted by Crippen LogP contribution is -2.50. The van der Waals surface area contributed by atoms with E-state index in [0.717, 1.165) is 10.1 Å². The zero-order valence-corrected chi connectivity index (χ0v) is 20.5. The van der Waals surface area contributed by atoms with Crippen LogP contribution in [-0.2, 0) is 13.1 Å². The van der Waals surface area contributed by atoms with Crippen LogP contribution in [0.5, 0.6) is 11.5 Å². The summed E-state index contributed by atoms with van der Waals surface area (Å²) in [7, 11) is 1.51. The van der Waals surface area contributed by atoms with Crippen LogP contribution in [0.1, 0.15) is 16.1 Å². The highest BCUT2D eigenvalue weighted by molar-refractivity contribution is 6.30. The predicted octanol–water partition coefficient (Wildman–Crippen LogP) is 1.81. The molecule has 0 bridgehead atoms. The summed E-state index contributed by atoms with van der Waals surface area (Å²) in [6.45, 7) is -0.407. The van der Waals surface area contributed by atoms with Crippen molar-refractivity contribution >= 4 is 23.2 Å². The van der Waals surface area contributed by atoms with Gasteiger partial charge in [-0.25, -0.2) is 19.1 Å². The third-order valence-corrected chi connectivity index (χ3v) is 5.51. The number of nitrogens with one attached hydrogen (secondary N) is 2. The van der Waals surface area contributed by atoms with E-state index < -0.39 is 11.4 Å². The van der Waals surface area contributed by atoms with Crippen molar-refractivity contribution < 1.29 is 14.6 Å². The molecule has 0 saturated carbocycles. The second kappa shape index (κ2) is 11.5. The normalized spacial score (nSPS) is 11.4. The Hall–Kier alpha value is -4.48. The molecule has 11 nitrogen and oxygen atoms in total. The smallest absolute Gasteiger partial charge is 0.335 e. The Balaban J connectivity index is 1.67. The number of aliphatic hydroxyl groups excluding tert-OH is 1. The number of aromatic nitrogens is 4. The zero-order chi connectivity index (χ0) is 26.4. The van der Waals surface area contributed by atoms with Crippen LogP contribution in [0, 0.1) is 0 Å². The molecule has 0 saturated heterocycles. The van der Waals surface area contributed by atoms with Gasteiger partial charge in [0.1, 0.15) is 17.2 Å². The third kappa shape index (κ3) is 6.21. The molecular weight excluding hydrogens is 500 g/mol. The molecule has 0 radical (unpaired) electrons. The largest absolute Gasteiger partial charge is 0.457 e. The van der Waals surface area contributed by atoms with Gasteiger partial charge in [0.2, 0.25) is 5.62 Å². The van der Waals surface area contributed by atoms with Gasteiger partial charge >= 0.3 is 11.4 Å². The molecule has 0 aliphatic carbocycles. The summed E-state index contributed by atoms with van der Waals surface area (Å²) in [6.07, 6.45) is 1.47. The van der Waals surface area contributed by atoms with Crippen molar-refractivity contribution in [1.82, 2.24) is 24.4 Å². The van der Waals surface area contributed by atoms with E-state index in [9.17, 15) is 19.5 Å². The number of halogens is 1. The van der Waals surface area contributed by atoms with Crippen molar-refractivity contribution in [3.8, 4) is 11.5 Å². The number of hydrogen-bond acceptors (Lipinski definition) is 7. The maximum atomic E-state index is 13.1. The van der Waals surface area contributed by atoms with Gasteiger partial charge in [-0.2, -0.15) is 0 Å². The summed E-state index contributed by atoms with van der Waals surface area (Å²) in [5.74, 6) is 0.575. The molecule has 1 amide bonds. The molecule has 0 atom stereocenters. The lowest BCUT2D eigenvalue weighted by atomic mass is 10.2. The zero-order valence-electron chi connectivity index (χ0n) is 19.7. The van der Waals surface area contributed by atoms with Gasteiger partial charge in [-0.1, -0.05) is 23.7 Å². The summed E-state index contributed by atoms with van der Waals surface area (Å²) in [6, 6.07) is 16.7. The van der Waals surface area contributed by atoms with Gasteiger partial charge in [-0.3, -0.25) is 19.3 Å². The van der Waals surface area contributed by atoms with Crippen molar-refractivity contribution in [2.45, 2.75) is 13.1 Å². The Morgan fingerprint density at radius 1 is 1.08 bits per heavy atom. The van der Waals surface area contributed by atoms with Crippen LogP contribution < -0.4 is 27.1 Å². The molecule has 3 N–H and O–H groups in total. The van der Waals surface area contributed by atoms with Gasteiger partial charge < -0.3 is 15.2 Å². The molecular formula is C25H23ClN6O5. The highest BCUT2D eigenvalue weighted by atomic mass is 35.5. The topological polar surface area (TPSA) is 144 Å². The molecule has 2 heterocycles. The number of carbonyl (C=O) groups excluding carboxylic acids is 1. The number of carbonyl (C=O) groups is 1. The number of nitrogens with zero attached hydrogens (tertiary/aromatic N) is 4. The van der Waals surface area contributed by atoms with Crippen LogP contribution in [0.3, 0.4) is 0 Å². The summed E-state index contributed by atoms with van der Waals surface area (Å²) < 4.78 is 8.02. The number of benzene rings is 2. The number of aromatic amines is 1. The fourth-order valence-electron chi connectivity index (χ4n) is 3.43. The summed E-state index contributed by atoms with van der Waals surface area (Å²) >= 11 is 5.97. The van der Waals surface area contributed by atoms with E-state index in [4.69, 9.17) is 16.3 Å². The maximum Gasteiger partial charge on any atom is 0.335 e. The van der Waals surface area contributed by atoms with E-state index in [-0.39, 0.29) is 36.9 Å². The van der Waals surface area contributed by atoms with Gasteiger partial charge in [0.15, 0.2) is 0 Å². The maximum absolute atomic E-state index is 13.1. The molecule has 190 valence electrons. The van der Waals surface area contributed by atoms with Gasteiger partial charge in [0.25, 0.3) is 5.91 Å². The SMILES string of the molecule is CNC(=O)c1cc(Oc2ccc(/N=c3\[nH]c(=O)n(CCO)c(=O)n3Cc3ccc(Cl)cc3)cc2)ccn1. The predicted molar refractivity (Wildman–Crippen MR) is 136 cm³/mol. The molecule has 4 rings (SSSR count). The first kappa shape index (κ1) is 25.6. The van der Waals surface area contributed by atoms with E-state index in [1.165, 1.54) is 23.9 Å². The average Bonchev–Trinajstić information content (AvgIpc) is 2.90. The quantitative estimate of drug-likeness (QED) is 0.322. The van der Waals surface area contributed by atoms with Crippen molar-refractivity contribution in [3.63, 3.8) is 0 Å². The molecule has 0 aliphatic rings. The second-order valence-corrected chi connectivity index (χ2v) is 8.22. The Labute approximate surface area is 215 Å².